The molecule has 0 bridgehead atoms. The normalized spacial score (nSPS) is 26.9. The number of fused-ring (bicyclic) bond motifs is 1. The highest BCUT2D eigenvalue weighted by molar-refractivity contribution is 5.76. The van der Waals surface area contributed by atoms with Crippen molar-refractivity contribution in [1.29, 1.82) is 5.41 Å². The molecule has 1 atom stereocenters. The highest BCUT2D eigenvalue weighted by atomic mass is 15.3. The van der Waals surface area contributed by atoms with Crippen molar-refractivity contribution < 1.29 is 0 Å². The largest absolute Gasteiger partial charge is 0.388 e. The molecule has 0 spiro atoms. The maximum atomic E-state index is 7.17. The second-order valence-corrected chi connectivity index (χ2v) is 5.11. The van der Waals surface area contributed by atoms with E-state index in [4.69, 9.17) is 11.1 Å². The van der Waals surface area contributed by atoms with E-state index in [9.17, 15) is 0 Å². The monoisotopic (exact) mass is 224 g/mol. The summed E-state index contributed by atoms with van der Waals surface area (Å²) in [5, 5.41) is 7.17. The predicted molar refractivity (Wildman–Crippen MR) is 66.8 cm³/mol. The van der Waals surface area contributed by atoms with Crippen molar-refractivity contribution in [1.82, 2.24) is 9.80 Å². The molecule has 2 fully saturated rings. The zero-order chi connectivity index (χ0) is 11.4. The van der Waals surface area contributed by atoms with Crippen molar-refractivity contribution in [3.8, 4) is 0 Å². The van der Waals surface area contributed by atoms with Gasteiger partial charge >= 0.3 is 0 Å². The van der Waals surface area contributed by atoms with Gasteiger partial charge in [-0.05, 0) is 38.8 Å². The molecule has 0 radical (unpaired) electrons. The summed E-state index contributed by atoms with van der Waals surface area (Å²) in [4.78, 5) is 5.23. The lowest BCUT2D eigenvalue weighted by atomic mass is 10.1. The van der Waals surface area contributed by atoms with E-state index in [1.165, 1.54) is 52.0 Å². The molecule has 0 aromatic carbocycles. The fraction of sp³-hybridized carbons (Fsp3) is 0.917. The molecule has 3 N–H and O–H groups in total. The van der Waals surface area contributed by atoms with Gasteiger partial charge < -0.3 is 10.6 Å². The van der Waals surface area contributed by atoms with Crippen LogP contribution in [-0.2, 0) is 0 Å². The molecular weight excluding hydrogens is 200 g/mol. The molecule has 4 nitrogen and oxygen atoms in total. The summed E-state index contributed by atoms with van der Waals surface area (Å²) in [6, 6.07) is 0.835. The SMILES string of the molecule is N=C(N)CCCCN1CCN2CCCC2C1. The van der Waals surface area contributed by atoms with Gasteiger partial charge in [0.25, 0.3) is 0 Å². The van der Waals surface area contributed by atoms with E-state index in [-0.39, 0.29) is 0 Å². The first kappa shape index (κ1) is 11.9. The minimum absolute atomic E-state index is 0.334. The fourth-order valence-electron chi connectivity index (χ4n) is 2.91. The average molecular weight is 224 g/mol. The van der Waals surface area contributed by atoms with E-state index >= 15 is 0 Å². The highest BCUT2D eigenvalue weighted by Crippen LogP contribution is 2.21. The lowest BCUT2D eigenvalue weighted by Gasteiger charge is -2.37. The second kappa shape index (κ2) is 5.64. The van der Waals surface area contributed by atoms with Crippen LogP contribution in [-0.4, -0.2) is 54.4 Å². The van der Waals surface area contributed by atoms with E-state index in [0.717, 1.165) is 18.9 Å². The van der Waals surface area contributed by atoms with E-state index < -0.39 is 0 Å². The number of nitrogens with two attached hydrogens (primary N) is 1. The van der Waals surface area contributed by atoms with Crippen LogP contribution >= 0.6 is 0 Å². The topological polar surface area (TPSA) is 56.4 Å². The van der Waals surface area contributed by atoms with Gasteiger partial charge in [0.15, 0.2) is 0 Å². The first-order valence-electron chi connectivity index (χ1n) is 6.55. The fourth-order valence-corrected chi connectivity index (χ4v) is 2.91. The minimum atomic E-state index is 0.334. The number of unbranched alkanes of at least 4 members (excludes halogenated alkanes) is 1. The number of rotatable bonds is 5. The Labute approximate surface area is 98.3 Å². The summed E-state index contributed by atoms with van der Waals surface area (Å²) >= 11 is 0. The second-order valence-electron chi connectivity index (χ2n) is 5.11. The Kier molecular flexibility index (Phi) is 4.18. The van der Waals surface area contributed by atoms with Gasteiger partial charge in [-0.3, -0.25) is 10.3 Å². The number of amidine groups is 1. The summed E-state index contributed by atoms with van der Waals surface area (Å²) in [5.74, 6) is 0.334. The molecular formula is C12H24N4. The number of hydrogen-bond donors (Lipinski definition) is 2. The third kappa shape index (κ3) is 3.19. The van der Waals surface area contributed by atoms with E-state index in [1.807, 2.05) is 0 Å². The lowest BCUT2D eigenvalue weighted by molar-refractivity contribution is 0.103. The Bertz CT molecular complexity index is 241. The van der Waals surface area contributed by atoms with Gasteiger partial charge in [0.2, 0.25) is 0 Å². The predicted octanol–water partition coefficient (Wildman–Crippen LogP) is 0.873. The smallest absolute Gasteiger partial charge is 0.0905 e. The van der Waals surface area contributed by atoms with Gasteiger partial charge in [0, 0.05) is 32.1 Å². The Morgan fingerprint density at radius 1 is 1.25 bits per heavy atom. The van der Waals surface area contributed by atoms with E-state index in [2.05, 4.69) is 9.80 Å². The molecule has 2 aliphatic rings. The Balaban J connectivity index is 1.62. The summed E-state index contributed by atoms with van der Waals surface area (Å²) in [6.45, 7) is 6.27. The van der Waals surface area contributed by atoms with Crippen LogP contribution in [0.2, 0.25) is 0 Å². The van der Waals surface area contributed by atoms with Crippen LogP contribution in [0, 0.1) is 5.41 Å². The molecule has 0 amide bonds. The summed E-state index contributed by atoms with van der Waals surface area (Å²) in [5.41, 5.74) is 5.34. The third-order valence-electron chi connectivity index (χ3n) is 3.84. The molecule has 0 saturated carbocycles. The standard InChI is InChI=1S/C12H24N4/c13-12(14)5-1-2-6-15-8-9-16-7-3-4-11(16)10-15/h11H,1-10H2,(H3,13,14). The average Bonchev–Trinajstić information content (AvgIpc) is 2.71. The van der Waals surface area contributed by atoms with Gasteiger partial charge in [0.1, 0.15) is 0 Å². The molecule has 0 aromatic heterocycles. The molecule has 2 heterocycles. The molecule has 2 rings (SSSR count). The lowest BCUT2D eigenvalue weighted by Crippen LogP contribution is -2.50. The highest BCUT2D eigenvalue weighted by Gasteiger charge is 2.29. The molecule has 1 unspecified atom stereocenters. The first-order valence-corrected chi connectivity index (χ1v) is 6.55. The van der Waals surface area contributed by atoms with Crippen LogP contribution in [0.1, 0.15) is 32.1 Å². The molecule has 92 valence electrons. The first-order chi connectivity index (χ1) is 7.75. The summed E-state index contributed by atoms with van der Waals surface area (Å²) < 4.78 is 0. The van der Waals surface area contributed by atoms with Gasteiger partial charge in [-0.2, -0.15) is 0 Å². The Hall–Kier alpha value is -0.610. The molecule has 0 aliphatic carbocycles. The summed E-state index contributed by atoms with van der Waals surface area (Å²) in [7, 11) is 0. The number of piperazine rings is 1. The van der Waals surface area contributed by atoms with Gasteiger partial charge in [0.05, 0.1) is 5.84 Å². The maximum Gasteiger partial charge on any atom is 0.0905 e. The molecule has 4 heteroatoms. The van der Waals surface area contributed by atoms with Crippen molar-refractivity contribution in [3.63, 3.8) is 0 Å². The molecule has 16 heavy (non-hydrogen) atoms. The van der Waals surface area contributed by atoms with Crippen LogP contribution in [0.25, 0.3) is 0 Å². The van der Waals surface area contributed by atoms with E-state index in [1.54, 1.807) is 0 Å². The molecule has 0 aromatic rings. The molecule has 2 saturated heterocycles. The van der Waals surface area contributed by atoms with Crippen molar-refractivity contribution in [2.75, 3.05) is 32.7 Å². The van der Waals surface area contributed by atoms with Crippen molar-refractivity contribution in [3.05, 3.63) is 0 Å². The quantitative estimate of drug-likeness (QED) is 0.414. The van der Waals surface area contributed by atoms with Crippen LogP contribution in [0.15, 0.2) is 0 Å². The maximum absolute atomic E-state index is 7.17. The van der Waals surface area contributed by atoms with Crippen molar-refractivity contribution in [2.45, 2.75) is 38.1 Å². The Morgan fingerprint density at radius 2 is 2.12 bits per heavy atom. The van der Waals surface area contributed by atoms with Crippen LogP contribution in [0.5, 0.6) is 0 Å². The third-order valence-corrected chi connectivity index (χ3v) is 3.84. The van der Waals surface area contributed by atoms with Gasteiger partial charge in [-0.1, -0.05) is 0 Å². The number of hydrogen-bond acceptors (Lipinski definition) is 3. The van der Waals surface area contributed by atoms with E-state index in [0.29, 0.717) is 5.84 Å². The van der Waals surface area contributed by atoms with Crippen LogP contribution in [0.3, 0.4) is 0 Å². The van der Waals surface area contributed by atoms with Gasteiger partial charge in [-0.15, -0.1) is 0 Å². The summed E-state index contributed by atoms with van der Waals surface area (Å²) in [6.07, 6.45) is 5.81. The van der Waals surface area contributed by atoms with Crippen molar-refractivity contribution in [2.24, 2.45) is 5.73 Å². The minimum Gasteiger partial charge on any atom is -0.388 e. The van der Waals surface area contributed by atoms with Crippen LogP contribution < -0.4 is 5.73 Å². The number of nitrogens with zero attached hydrogens (tertiary/aromatic N) is 2. The molecule has 2 aliphatic heterocycles. The number of nitrogens with one attached hydrogen (secondary N) is 1. The Morgan fingerprint density at radius 3 is 2.94 bits per heavy atom. The van der Waals surface area contributed by atoms with Crippen molar-refractivity contribution >= 4 is 5.84 Å². The van der Waals surface area contributed by atoms with Crippen LogP contribution in [0.4, 0.5) is 0 Å². The zero-order valence-corrected chi connectivity index (χ0v) is 10.1. The van der Waals surface area contributed by atoms with Gasteiger partial charge in [-0.25, -0.2) is 0 Å². The zero-order valence-electron chi connectivity index (χ0n) is 10.1.